The summed E-state index contributed by atoms with van der Waals surface area (Å²) in [6, 6.07) is 13.0. The van der Waals surface area contributed by atoms with Crippen LogP contribution in [-0.4, -0.2) is 37.4 Å². The van der Waals surface area contributed by atoms with Crippen molar-refractivity contribution in [3.63, 3.8) is 0 Å². The molecule has 2 aromatic heterocycles. The third-order valence-corrected chi connectivity index (χ3v) is 4.96. The van der Waals surface area contributed by atoms with Gasteiger partial charge in [-0.25, -0.2) is 9.67 Å². The van der Waals surface area contributed by atoms with Gasteiger partial charge < -0.3 is 15.7 Å². The average Bonchev–Trinajstić information content (AvgIpc) is 3.14. The number of carbonyl (C=O) groups excluding carboxylic acids is 1. The minimum atomic E-state index is -0.430. The maximum atomic E-state index is 13.3. The molecule has 8 heteroatoms. The number of hydrogen-bond donors (Lipinski definition) is 3. The monoisotopic (exact) mass is 404 g/mol. The van der Waals surface area contributed by atoms with Crippen LogP contribution in [0, 0.1) is 6.92 Å². The molecule has 0 saturated heterocycles. The number of carbonyl (C=O) groups is 1. The number of amides is 1. The zero-order chi connectivity index (χ0) is 21.1. The van der Waals surface area contributed by atoms with Crippen LogP contribution in [0.1, 0.15) is 36.3 Å². The van der Waals surface area contributed by atoms with Gasteiger partial charge in [0, 0.05) is 24.9 Å². The summed E-state index contributed by atoms with van der Waals surface area (Å²) >= 11 is 0. The number of aliphatic hydroxyl groups is 1. The molecule has 3 heterocycles. The fourth-order valence-corrected chi connectivity index (χ4v) is 3.60. The smallest absolute Gasteiger partial charge is 0.257 e. The topological polar surface area (TPSA) is 105 Å². The molecule has 154 valence electrons. The van der Waals surface area contributed by atoms with Gasteiger partial charge in [-0.05, 0) is 38.0 Å². The lowest BCUT2D eigenvalue weighted by atomic mass is 9.94. The lowest BCUT2D eigenvalue weighted by Gasteiger charge is -2.28. The van der Waals surface area contributed by atoms with Gasteiger partial charge in [0.2, 0.25) is 5.95 Å². The SMILES string of the molecule is CC1=C(C(=O)Nc2ccccn2)C(c2cccc(C)c2)n2nc(CCCO)nc2N1. The highest BCUT2D eigenvalue weighted by Gasteiger charge is 2.34. The molecule has 0 spiro atoms. The highest BCUT2D eigenvalue weighted by atomic mass is 16.3. The summed E-state index contributed by atoms with van der Waals surface area (Å²) in [5.41, 5.74) is 3.30. The predicted octanol–water partition coefficient (Wildman–Crippen LogP) is 2.83. The van der Waals surface area contributed by atoms with Crippen molar-refractivity contribution in [1.82, 2.24) is 19.7 Å². The molecule has 0 bridgehead atoms. The summed E-state index contributed by atoms with van der Waals surface area (Å²) in [5, 5.41) is 19.9. The van der Waals surface area contributed by atoms with Gasteiger partial charge in [-0.1, -0.05) is 35.9 Å². The van der Waals surface area contributed by atoms with Gasteiger partial charge in [0.1, 0.15) is 11.9 Å². The second-order valence-corrected chi connectivity index (χ2v) is 7.27. The number of aliphatic hydroxyl groups excluding tert-OH is 1. The first-order valence-electron chi connectivity index (χ1n) is 9.90. The number of rotatable bonds is 6. The molecule has 30 heavy (non-hydrogen) atoms. The molecular weight excluding hydrogens is 380 g/mol. The van der Waals surface area contributed by atoms with Crippen LogP contribution in [0.3, 0.4) is 0 Å². The average molecular weight is 404 g/mol. The first-order valence-corrected chi connectivity index (χ1v) is 9.90. The van der Waals surface area contributed by atoms with Gasteiger partial charge >= 0.3 is 0 Å². The van der Waals surface area contributed by atoms with Crippen molar-refractivity contribution in [2.24, 2.45) is 0 Å². The molecule has 1 aliphatic rings. The maximum Gasteiger partial charge on any atom is 0.257 e. The number of benzene rings is 1. The standard InChI is InChI=1S/C22H24N6O2/c1-14-7-5-8-16(13-14)20-19(21(30)25-17-9-3-4-11-23-17)15(2)24-22-26-18(10-6-12-29)27-28(20)22/h3-5,7-9,11,13,20,29H,6,10,12H2,1-2H3,(H,23,25,30)(H,24,26,27). The Hall–Kier alpha value is -3.52. The minimum absolute atomic E-state index is 0.0770. The number of pyridine rings is 1. The van der Waals surface area contributed by atoms with Crippen molar-refractivity contribution < 1.29 is 9.90 Å². The summed E-state index contributed by atoms with van der Waals surface area (Å²) in [6.07, 6.45) is 2.78. The van der Waals surface area contributed by atoms with Crippen molar-refractivity contribution >= 4 is 17.7 Å². The van der Waals surface area contributed by atoms with Crippen LogP contribution < -0.4 is 10.6 Å². The summed E-state index contributed by atoms with van der Waals surface area (Å²) < 4.78 is 1.75. The fraction of sp³-hybridized carbons (Fsp3) is 0.273. The summed E-state index contributed by atoms with van der Waals surface area (Å²) in [7, 11) is 0. The number of aryl methyl sites for hydroxylation is 2. The van der Waals surface area contributed by atoms with Gasteiger partial charge in [0.15, 0.2) is 5.82 Å². The second-order valence-electron chi connectivity index (χ2n) is 7.27. The Morgan fingerprint density at radius 1 is 1.23 bits per heavy atom. The third-order valence-electron chi connectivity index (χ3n) is 4.96. The van der Waals surface area contributed by atoms with E-state index < -0.39 is 6.04 Å². The Labute approximate surface area is 174 Å². The Bertz CT molecular complexity index is 1090. The number of nitrogens with zero attached hydrogens (tertiary/aromatic N) is 4. The first-order chi connectivity index (χ1) is 14.6. The van der Waals surface area contributed by atoms with Crippen LogP contribution in [0.5, 0.6) is 0 Å². The molecule has 1 atom stereocenters. The van der Waals surface area contributed by atoms with Gasteiger partial charge in [-0.3, -0.25) is 4.79 Å². The first kappa shape index (κ1) is 19.8. The maximum absolute atomic E-state index is 13.3. The van der Waals surface area contributed by atoms with Gasteiger partial charge in [0.05, 0.1) is 5.57 Å². The molecule has 0 saturated carbocycles. The van der Waals surface area contributed by atoms with Crippen molar-refractivity contribution in [3.05, 3.63) is 76.9 Å². The van der Waals surface area contributed by atoms with Crippen LogP contribution in [0.15, 0.2) is 59.9 Å². The summed E-state index contributed by atoms with van der Waals surface area (Å²) in [6.45, 7) is 3.96. The molecule has 0 fully saturated rings. The van der Waals surface area contributed by atoms with E-state index in [2.05, 4.69) is 31.8 Å². The van der Waals surface area contributed by atoms with Crippen LogP contribution in [-0.2, 0) is 11.2 Å². The molecule has 0 aliphatic carbocycles. The molecule has 1 amide bonds. The molecule has 1 aliphatic heterocycles. The van der Waals surface area contributed by atoms with Crippen molar-refractivity contribution in [2.75, 3.05) is 17.2 Å². The predicted molar refractivity (Wildman–Crippen MR) is 114 cm³/mol. The van der Waals surface area contributed by atoms with E-state index >= 15 is 0 Å². The Balaban J connectivity index is 1.77. The number of aromatic nitrogens is 4. The van der Waals surface area contributed by atoms with Crippen LogP contribution in [0.25, 0.3) is 0 Å². The van der Waals surface area contributed by atoms with E-state index in [9.17, 15) is 4.79 Å². The highest BCUT2D eigenvalue weighted by Crippen LogP contribution is 2.36. The number of nitrogens with one attached hydrogen (secondary N) is 2. The van der Waals surface area contributed by atoms with E-state index in [4.69, 9.17) is 5.11 Å². The molecule has 1 unspecified atom stereocenters. The molecule has 0 radical (unpaired) electrons. The number of fused-ring (bicyclic) bond motifs is 1. The van der Waals surface area contributed by atoms with E-state index in [0.717, 1.165) is 11.1 Å². The Kier molecular flexibility index (Phi) is 5.58. The number of anilines is 2. The molecule has 3 aromatic rings. The zero-order valence-corrected chi connectivity index (χ0v) is 17.0. The van der Waals surface area contributed by atoms with Crippen molar-refractivity contribution in [1.29, 1.82) is 0 Å². The van der Waals surface area contributed by atoms with Crippen molar-refractivity contribution in [2.45, 2.75) is 32.7 Å². The van der Waals surface area contributed by atoms with E-state index in [1.807, 2.05) is 38.1 Å². The van der Waals surface area contributed by atoms with Crippen LogP contribution >= 0.6 is 0 Å². The molecule has 4 rings (SSSR count). The fourth-order valence-electron chi connectivity index (χ4n) is 3.60. The lowest BCUT2D eigenvalue weighted by molar-refractivity contribution is -0.113. The van der Waals surface area contributed by atoms with Gasteiger partial charge in [0.25, 0.3) is 5.91 Å². The number of hydrogen-bond acceptors (Lipinski definition) is 6. The van der Waals surface area contributed by atoms with E-state index in [1.54, 1.807) is 23.0 Å². The van der Waals surface area contributed by atoms with E-state index in [1.165, 1.54) is 0 Å². The molecular formula is C22H24N6O2. The van der Waals surface area contributed by atoms with E-state index in [0.29, 0.717) is 41.7 Å². The summed E-state index contributed by atoms with van der Waals surface area (Å²) in [4.78, 5) is 22.1. The lowest BCUT2D eigenvalue weighted by Crippen LogP contribution is -2.31. The highest BCUT2D eigenvalue weighted by molar-refractivity contribution is 6.05. The van der Waals surface area contributed by atoms with Gasteiger partial charge in [-0.2, -0.15) is 10.1 Å². The van der Waals surface area contributed by atoms with E-state index in [-0.39, 0.29) is 12.5 Å². The van der Waals surface area contributed by atoms with Crippen molar-refractivity contribution in [3.8, 4) is 0 Å². The Morgan fingerprint density at radius 2 is 2.10 bits per heavy atom. The van der Waals surface area contributed by atoms with Gasteiger partial charge in [-0.15, -0.1) is 0 Å². The summed E-state index contributed by atoms with van der Waals surface area (Å²) in [5.74, 6) is 1.45. The normalized spacial score (nSPS) is 15.5. The largest absolute Gasteiger partial charge is 0.396 e. The van der Waals surface area contributed by atoms with Crippen LogP contribution in [0.2, 0.25) is 0 Å². The minimum Gasteiger partial charge on any atom is -0.396 e. The number of allylic oxidation sites excluding steroid dienone is 1. The quantitative estimate of drug-likeness (QED) is 0.584. The molecule has 1 aromatic carbocycles. The molecule has 3 N–H and O–H groups in total. The van der Waals surface area contributed by atoms with Crippen LogP contribution in [0.4, 0.5) is 11.8 Å². The third kappa shape index (κ3) is 3.95. The Morgan fingerprint density at radius 3 is 2.83 bits per heavy atom. The second kappa shape index (κ2) is 8.46. The molecule has 8 nitrogen and oxygen atoms in total. The zero-order valence-electron chi connectivity index (χ0n) is 17.0.